The van der Waals surface area contributed by atoms with Crippen LogP contribution in [-0.4, -0.2) is 24.3 Å². The Morgan fingerprint density at radius 3 is 2.75 bits per heavy atom. The van der Waals surface area contributed by atoms with Gasteiger partial charge >= 0.3 is 0 Å². The van der Waals surface area contributed by atoms with Gasteiger partial charge in [-0.3, -0.25) is 0 Å². The molecule has 0 bridgehead atoms. The van der Waals surface area contributed by atoms with Crippen LogP contribution in [0.4, 0.5) is 0 Å². The summed E-state index contributed by atoms with van der Waals surface area (Å²) >= 11 is 0. The molecule has 0 aliphatic heterocycles. The lowest BCUT2D eigenvalue weighted by Crippen LogP contribution is -2.24. The lowest BCUT2D eigenvalue weighted by atomic mass is 10.4. The van der Waals surface area contributed by atoms with Crippen molar-refractivity contribution in [1.82, 2.24) is 5.32 Å². The summed E-state index contributed by atoms with van der Waals surface area (Å²) in [6.45, 7) is 6.97. The minimum absolute atomic E-state index is 0.235. The molecule has 0 saturated carbocycles. The van der Waals surface area contributed by atoms with E-state index in [0.717, 1.165) is 13.0 Å². The van der Waals surface area contributed by atoms with Crippen molar-refractivity contribution in [3.63, 3.8) is 0 Å². The van der Waals surface area contributed by atoms with Crippen molar-refractivity contribution in [3.8, 4) is 0 Å². The largest absolute Gasteiger partial charge is 0.392 e. The topological polar surface area (TPSA) is 32.3 Å². The van der Waals surface area contributed by atoms with Crippen molar-refractivity contribution in [2.75, 3.05) is 13.1 Å². The molecule has 49 valence electrons. The van der Waals surface area contributed by atoms with Gasteiger partial charge in [-0.15, -0.1) is 0 Å². The minimum atomic E-state index is -0.235. The van der Waals surface area contributed by atoms with E-state index < -0.39 is 0 Å². The molecule has 2 nitrogen and oxygen atoms in total. The zero-order valence-electron chi connectivity index (χ0n) is 5.35. The summed E-state index contributed by atoms with van der Waals surface area (Å²) in [5.74, 6) is 0. The molecule has 0 aliphatic rings. The number of aliphatic hydroxyl groups is 1. The van der Waals surface area contributed by atoms with Gasteiger partial charge in [0.15, 0.2) is 0 Å². The fourth-order valence-electron chi connectivity index (χ4n) is 0.436. The van der Waals surface area contributed by atoms with E-state index in [0.29, 0.717) is 6.54 Å². The molecule has 0 fully saturated rings. The summed E-state index contributed by atoms with van der Waals surface area (Å²) in [5.41, 5.74) is 0. The third-order valence-electron chi connectivity index (χ3n) is 0.793. The van der Waals surface area contributed by atoms with Gasteiger partial charge in [-0.25, -0.2) is 0 Å². The highest BCUT2D eigenvalue weighted by atomic mass is 16.3. The third kappa shape index (κ3) is 5.92. The molecular formula is C6H14NO. The van der Waals surface area contributed by atoms with Gasteiger partial charge in [-0.2, -0.15) is 0 Å². The van der Waals surface area contributed by atoms with Crippen LogP contribution in [0.25, 0.3) is 0 Å². The van der Waals surface area contributed by atoms with Crippen LogP contribution >= 0.6 is 0 Å². The van der Waals surface area contributed by atoms with E-state index in [2.05, 4.69) is 12.2 Å². The predicted molar refractivity (Wildman–Crippen MR) is 34.5 cm³/mol. The second kappa shape index (κ2) is 5.06. The molecule has 1 atom stereocenters. The Morgan fingerprint density at radius 2 is 2.38 bits per heavy atom. The van der Waals surface area contributed by atoms with Gasteiger partial charge < -0.3 is 10.4 Å². The number of nitrogens with one attached hydrogen (secondary N) is 1. The molecule has 0 saturated heterocycles. The Labute approximate surface area is 50.9 Å². The Balaban J connectivity index is 2.72. The molecule has 8 heavy (non-hydrogen) atoms. The average molecular weight is 116 g/mol. The summed E-state index contributed by atoms with van der Waals surface area (Å²) in [6.07, 6.45) is 0.647. The second-order valence-corrected chi connectivity index (χ2v) is 1.91. The van der Waals surface area contributed by atoms with E-state index in [-0.39, 0.29) is 6.10 Å². The number of hydrogen-bond donors (Lipinski definition) is 2. The van der Waals surface area contributed by atoms with Crippen LogP contribution in [0.5, 0.6) is 0 Å². The first kappa shape index (κ1) is 7.92. The molecule has 1 unspecified atom stereocenters. The van der Waals surface area contributed by atoms with E-state index in [1.807, 2.05) is 0 Å². The fraction of sp³-hybridized carbons (Fsp3) is 0.833. The van der Waals surface area contributed by atoms with E-state index in [1.54, 1.807) is 6.92 Å². The van der Waals surface area contributed by atoms with Crippen molar-refractivity contribution < 1.29 is 5.11 Å². The van der Waals surface area contributed by atoms with E-state index in [9.17, 15) is 0 Å². The molecule has 1 radical (unpaired) electrons. The quantitative estimate of drug-likeness (QED) is 0.513. The van der Waals surface area contributed by atoms with Gasteiger partial charge in [-0.05, 0) is 19.9 Å². The van der Waals surface area contributed by atoms with E-state index in [4.69, 9.17) is 5.11 Å². The molecule has 2 N–H and O–H groups in total. The average Bonchev–Trinajstić information content (AvgIpc) is 1.66. The summed E-state index contributed by atoms with van der Waals surface area (Å²) in [7, 11) is 0. The molecule has 2 heteroatoms. The number of aliphatic hydroxyl groups excluding tert-OH is 1. The predicted octanol–water partition coefficient (Wildman–Crippen LogP) is 0.181. The maximum absolute atomic E-state index is 8.70. The summed E-state index contributed by atoms with van der Waals surface area (Å²) in [5, 5.41) is 11.7. The Bertz CT molecular complexity index is 45.8. The molecule has 0 rings (SSSR count). The van der Waals surface area contributed by atoms with Gasteiger partial charge in [0.05, 0.1) is 6.10 Å². The van der Waals surface area contributed by atoms with Crippen molar-refractivity contribution in [3.05, 3.63) is 6.92 Å². The zero-order chi connectivity index (χ0) is 6.41. The zero-order valence-corrected chi connectivity index (χ0v) is 5.35. The Kier molecular flexibility index (Phi) is 5.01. The van der Waals surface area contributed by atoms with E-state index >= 15 is 0 Å². The van der Waals surface area contributed by atoms with Crippen molar-refractivity contribution in [2.45, 2.75) is 19.4 Å². The van der Waals surface area contributed by atoms with Crippen LogP contribution < -0.4 is 5.32 Å². The van der Waals surface area contributed by atoms with Gasteiger partial charge in [0.2, 0.25) is 0 Å². The normalized spacial score (nSPS) is 13.9. The summed E-state index contributed by atoms with van der Waals surface area (Å²) in [4.78, 5) is 0. The number of hydrogen-bond acceptors (Lipinski definition) is 2. The van der Waals surface area contributed by atoms with Gasteiger partial charge in [-0.1, -0.05) is 6.92 Å². The Morgan fingerprint density at radius 1 is 1.75 bits per heavy atom. The molecular weight excluding hydrogens is 102 g/mol. The minimum Gasteiger partial charge on any atom is -0.392 e. The standard InChI is InChI=1S/C6H14NO/c1-3-4-7-5-6(2)8/h6-8H,1,3-5H2,2H3. The molecule has 0 heterocycles. The lowest BCUT2D eigenvalue weighted by molar-refractivity contribution is 0.192. The first-order valence-corrected chi connectivity index (χ1v) is 2.95. The molecule has 0 aliphatic carbocycles. The monoisotopic (exact) mass is 116 g/mol. The SMILES string of the molecule is [CH2]CCNCC(C)O. The third-order valence-corrected chi connectivity index (χ3v) is 0.793. The maximum Gasteiger partial charge on any atom is 0.0636 e. The highest BCUT2D eigenvalue weighted by Crippen LogP contribution is 1.74. The summed E-state index contributed by atoms with van der Waals surface area (Å²) in [6, 6.07) is 0. The number of rotatable bonds is 4. The first-order valence-electron chi connectivity index (χ1n) is 2.95. The maximum atomic E-state index is 8.70. The highest BCUT2D eigenvalue weighted by Gasteiger charge is 1.90. The Hall–Kier alpha value is -0.0800. The van der Waals surface area contributed by atoms with Crippen molar-refractivity contribution >= 4 is 0 Å². The van der Waals surface area contributed by atoms with Crippen LogP contribution in [-0.2, 0) is 0 Å². The smallest absolute Gasteiger partial charge is 0.0636 e. The molecule has 0 spiro atoms. The molecule has 0 aromatic rings. The van der Waals surface area contributed by atoms with Gasteiger partial charge in [0.1, 0.15) is 0 Å². The van der Waals surface area contributed by atoms with Crippen LogP contribution in [0.15, 0.2) is 0 Å². The fourth-order valence-corrected chi connectivity index (χ4v) is 0.436. The lowest BCUT2D eigenvalue weighted by Gasteiger charge is -2.03. The van der Waals surface area contributed by atoms with Gasteiger partial charge in [0, 0.05) is 6.54 Å². The van der Waals surface area contributed by atoms with Crippen LogP contribution in [0.3, 0.4) is 0 Å². The van der Waals surface area contributed by atoms with Crippen molar-refractivity contribution in [1.29, 1.82) is 0 Å². The first-order chi connectivity index (χ1) is 3.77. The van der Waals surface area contributed by atoms with Crippen LogP contribution in [0.1, 0.15) is 13.3 Å². The molecule has 0 amide bonds. The molecule has 0 aromatic carbocycles. The molecule has 0 aromatic heterocycles. The van der Waals surface area contributed by atoms with Crippen LogP contribution in [0, 0.1) is 6.92 Å². The van der Waals surface area contributed by atoms with Crippen molar-refractivity contribution in [2.24, 2.45) is 0 Å². The van der Waals surface area contributed by atoms with Gasteiger partial charge in [0.25, 0.3) is 0 Å². The van der Waals surface area contributed by atoms with E-state index in [1.165, 1.54) is 0 Å². The summed E-state index contributed by atoms with van der Waals surface area (Å²) < 4.78 is 0. The second-order valence-electron chi connectivity index (χ2n) is 1.91. The van der Waals surface area contributed by atoms with Crippen LogP contribution in [0.2, 0.25) is 0 Å². The highest BCUT2D eigenvalue weighted by molar-refractivity contribution is 4.52.